The number of aliphatic hydroxyl groups excluding tert-OH is 2. The number of carbonyl (C=O) groups is 1. The average molecular weight is 362 g/mol. The van der Waals surface area contributed by atoms with Crippen molar-refractivity contribution in [2.75, 3.05) is 6.54 Å². The van der Waals surface area contributed by atoms with Crippen molar-refractivity contribution in [3.05, 3.63) is 64.4 Å². The summed E-state index contributed by atoms with van der Waals surface area (Å²) in [7, 11) is 0. The number of nitriles is 1. The van der Waals surface area contributed by atoms with Gasteiger partial charge in [-0.3, -0.25) is 0 Å². The van der Waals surface area contributed by atoms with Crippen molar-refractivity contribution in [2.45, 2.75) is 18.8 Å². The molecule has 1 aromatic carbocycles. The molecule has 0 aliphatic carbocycles. The lowest BCUT2D eigenvalue weighted by Gasteiger charge is -2.18. The molecule has 0 saturated carbocycles. The summed E-state index contributed by atoms with van der Waals surface area (Å²) in [6.07, 6.45) is -2.11. The van der Waals surface area contributed by atoms with E-state index in [9.17, 15) is 15.0 Å². The van der Waals surface area contributed by atoms with E-state index in [0.29, 0.717) is 0 Å². The van der Waals surface area contributed by atoms with Crippen molar-refractivity contribution in [3.63, 3.8) is 0 Å². The molecule has 2 unspecified atom stereocenters. The van der Waals surface area contributed by atoms with Crippen LogP contribution in [0.2, 0.25) is 5.15 Å². The number of hydrogen-bond donors (Lipinski definition) is 3. The predicted octanol–water partition coefficient (Wildman–Crippen LogP) is 1.93. The molecule has 0 spiro atoms. The monoisotopic (exact) mass is 361 g/mol. The second-order valence-corrected chi connectivity index (χ2v) is 5.53. The van der Waals surface area contributed by atoms with Gasteiger partial charge in [-0.15, -0.1) is 0 Å². The molecule has 3 N–H and O–H groups in total. The molecule has 0 aliphatic heterocycles. The van der Waals surface area contributed by atoms with Crippen LogP contribution in [-0.2, 0) is 11.3 Å². The van der Waals surface area contributed by atoms with Crippen LogP contribution >= 0.6 is 11.6 Å². The van der Waals surface area contributed by atoms with Gasteiger partial charge in [-0.05, 0) is 11.6 Å². The van der Waals surface area contributed by atoms with E-state index in [2.05, 4.69) is 10.3 Å². The number of hydrogen-bond acceptors (Lipinski definition) is 6. The van der Waals surface area contributed by atoms with Crippen LogP contribution in [0.4, 0.5) is 4.79 Å². The molecular formula is C17H16ClN3O4. The van der Waals surface area contributed by atoms with Crippen molar-refractivity contribution in [1.82, 2.24) is 10.3 Å². The first-order chi connectivity index (χ1) is 12.0. The Balaban J connectivity index is 1.83. The van der Waals surface area contributed by atoms with Gasteiger partial charge in [0.05, 0.1) is 5.56 Å². The molecule has 0 fully saturated rings. The number of nitrogens with zero attached hydrogens (tertiary/aromatic N) is 2. The zero-order valence-electron chi connectivity index (χ0n) is 13.1. The minimum absolute atomic E-state index is 0.00977. The van der Waals surface area contributed by atoms with Crippen LogP contribution < -0.4 is 5.32 Å². The second-order valence-electron chi connectivity index (χ2n) is 5.17. The van der Waals surface area contributed by atoms with E-state index < -0.39 is 18.3 Å². The predicted molar refractivity (Wildman–Crippen MR) is 89.6 cm³/mol. The molecule has 1 aromatic heterocycles. The van der Waals surface area contributed by atoms with Crippen LogP contribution in [0.15, 0.2) is 42.6 Å². The molecule has 2 atom stereocenters. The number of carbonyl (C=O) groups excluding carboxylic acids is 1. The summed E-state index contributed by atoms with van der Waals surface area (Å²) in [5, 5.41) is 31.3. The highest BCUT2D eigenvalue weighted by Gasteiger charge is 2.21. The molecule has 0 saturated heterocycles. The molecule has 0 bridgehead atoms. The zero-order valence-corrected chi connectivity index (χ0v) is 13.8. The van der Waals surface area contributed by atoms with Crippen molar-refractivity contribution >= 4 is 17.7 Å². The van der Waals surface area contributed by atoms with E-state index in [4.69, 9.17) is 21.6 Å². The summed E-state index contributed by atoms with van der Waals surface area (Å²) in [6.45, 7) is -0.142. The largest absolute Gasteiger partial charge is 0.445 e. The van der Waals surface area contributed by atoms with Gasteiger partial charge in [0.25, 0.3) is 0 Å². The maximum absolute atomic E-state index is 11.6. The number of rotatable bonds is 6. The minimum atomic E-state index is -1.34. The van der Waals surface area contributed by atoms with E-state index in [-0.39, 0.29) is 29.4 Å². The topological polar surface area (TPSA) is 115 Å². The van der Waals surface area contributed by atoms with Gasteiger partial charge >= 0.3 is 6.09 Å². The number of pyridine rings is 1. The minimum Gasteiger partial charge on any atom is -0.445 e. The number of alkyl carbamates (subject to hydrolysis) is 1. The number of halogens is 1. The van der Waals surface area contributed by atoms with Crippen LogP contribution in [0.25, 0.3) is 0 Å². The van der Waals surface area contributed by atoms with E-state index in [0.717, 1.165) is 5.56 Å². The molecule has 0 aliphatic rings. The number of amides is 1. The molecule has 1 amide bonds. The molecule has 8 heteroatoms. The van der Waals surface area contributed by atoms with Crippen molar-refractivity contribution < 1.29 is 19.7 Å². The third-order valence-corrected chi connectivity index (χ3v) is 3.66. The van der Waals surface area contributed by atoms with Gasteiger partial charge in [0, 0.05) is 18.3 Å². The van der Waals surface area contributed by atoms with E-state index in [1.807, 2.05) is 36.4 Å². The highest BCUT2D eigenvalue weighted by atomic mass is 35.5. The lowest BCUT2D eigenvalue weighted by Crippen LogP contribution is -2.35. The van der Waals surface area contributed by atoms with Gasteiger partial charge in [0.1, 0.15) is 30.0 Å². The Bertz CT molecular complexity index is 764. The fourth-order valence-electron chi connectivity index (χ4n) is 2.00. The Kier molecular flexibility index (Phi) is 6.71. The maximum atomic E-state index is 11.6. The Labute approximate surface area is 149 Å². The average Bonchev–Trinajstić information content (AvgIpc) is 2.65. The third-order valence-electron chi connectivity index (χ3n) is 3.35. The third kappa shape index (κ3) is 5.43. The van der Waals surface area contributed by atoms with Gasteiger partial charge in [0.2, 0.25) is 0 Å². The van der Waals surface area contributed by atoms with Crippen LogP contribution in [0.5, 0.6) is 0 Å². The van der Waals surface area contributed by atoms with E-state index in [1.54, 1.807) is 0 Å². The molecule has 2 aromatic rings. The van der Waals surface area contributed by atoms with Gasteiger partial charge in [-0.25, -0.2) is 9.78 Å². The normalized spacial score (nSPS) is 12.7. The van der Waals surface area contributed by atoms with Gasteiger partial charge in [0.15, 0.2) is 0 Å². The first kappa shape index (κ1) is 18.7. The highest BCUT2D eigenvalue weighted by Crippen LogP contribution is 2.20. The Morgan fingerprint density at radius 2 is 2.08 bits per heavy atom. The summed E-state index contributed by atoms with van der Waals surface area (Å²) in [5.74, 6) is 0. The van der Waals surface area contributed by atoms with Gasteiger partial charge in [-0.1, -0.05) is 41.9 Å². The fourth-order valence-corrected chi connectivity index (χ4v) is 2.15. The van der Waals surface area contributed by atoms with Crippen LogP contribution in [0.1, 0.15) is 22.8 Å². The Morgan fingerprint density at radius 3 is 2.76 bits per heavy atom. The first-order valence-corrected chi connectivity index (χ1v) is 7.75. The van der Waals surface area contributed by atoms with E-state index in [1.165, 1.54) is 12.3 Å². The molecule has 7 nitrogen and oxygen atoms in total. The van der Waals surface area contributed by atoms with Gasteiger partial charge < -0.3 is 20.3 Å². The second kappa shape index (κ2) is 8.99. The number of ether oxygens (including phenoxy) is 1. The highest BCUT2D eigenvalue weighted by molar-refractivity contribution is 6.30. The van der Waals surface area contributed by atoms with Crippen LogP contribution in [0.3, 0.4) is 0 Å². The summed E-state index contributed by atoms with van der Waals surface area (Å²) in [6, 6.07) is 12.3. The molecule has 1 heterocycles. The van der Waals surface area contributed by atoms with Crippen LogP contribution in [-0.4, -0.2) is 33.9 Å². The number of benzene rings is 1. The van der Waals surface area contributed by atoms with Crippen molar-refractivity contribution in [1.29, 1.82) is 5.26 Å². The standard InChI is InChI=1S/C17H16ClN3O4/c18-16-12(7-19)6-13(8-20-16)15(23)14(22)9-21-17(24)25-10-11-4-2-1-3-5-11/h1-6,8,14-15,22-23H,9-10H2,(H,21,24). The maximum Gasteiger partial charge on any atom is 0.407 e. The summed E-state index contributed by atoms with van der Waals surface area (Å²) in [4.78, 5) is 15.4. The quantitative estimate of drug-likeness (QED) is 0.677. The fraction of sp³-hybridized carbons (Fsp3) is 0.235. The Hall–Kier alpha value is -2.66. The first-order valence-electron chi connectivity index (χ1n) is 7.37. The number of aromatic nitrogens is 1. The van der Waals surface area contributed by atoms with Crippen molar-refractivity contribution in [2.24, 2.45) is 0 Å². The Morgan fingerprint density at radius 1 is 1.36 bits per heavy atom. The molecule has 0 radical (unpaired) electrons. The van der Waals surface area contributed by atoms with Crippen LogP contribution in [0, 0.1) is 11.3 Å². The number of nitrogens with one attached hydrogen (secondary N) is 1. The summed E-state index contributed by atoms with van der Waals surface area (Å²) in [5.41, 5.74) is 1.13. The summed E-state index contributed by atoms with van der Waals surface area (Å²) >= 11 is 5.72. The smallest absolute Gasteiger partial charge is 0.407 e. The summed E-state index contributed by atoms with van der Waals surface area (Å²) < 4.78 is 5.00. The molecule has 2 rings (SSSR count). The van der Waals surface area contributed by atoms with Crippen molar-refractivity contribution in [3.8, 4) is 6.07 Å². The van der Waals surface area contributed by atoms with Gasteiger partial charge in [-0.2, -0.15) is 5.26 Å². The molecular weight excluding hydrogens is 346 g/mol. The zero-order chi connectivity index (χ0) is 18.2. The molecule has 130 valence electrons. The van der Waals surface area contributed by atoms with E-state index >= 15 is 0 Å². The number of aliphatic hydroxyl groups is 2. The molecule has 25 heavy (non-hydrogen) atoms. The lowest BCUT2D eigenvalue weighted by atomic mass is 10.1. The SMILES string of the molecule is N#Cc1cc(C(O)C(O)CNC(=O)OCc2ccccc2)cnc1Cl. The lowest BCUT2D eigenvalue weighted by molar-refractivity contribution is 0.0182.